The van der Waals surface area contributed by atoms with Gasteiger partial charge in [0.2, 0.25) is 0 Å². The largest absolute Gasteiger partial charge is 0.449 e. The van der Waals surface area contributed by atoms with E-state index in [1.807, 2.05) is 20.9 Å². The molecule has 63 heavy (non-hydrogen) atoms. The number of rotatable bonds is 42. The number of hydrogen-bond donors (Lipinski definition) is 3. The van der Waals surface area contributed by atoms with E-state index in [2.05, 4.69) is 97.5 Å². The van der Waals surface area contributed by atoms with E-state index in [9.17, 15) is 9.59 Å². The second-order valence-corrected chi connectivity index (χ2v) is 18.2. The SMILES string of the molecule is CC1(C)OCC(CNC=S)O1.CCCCC/C=C\C/C=C\CCCCCCCCC(CCCCCCCC/C=C\C/C=C\CCCCC)(OC(=O)CCCNC)C(=O)NCCCC. The molecule has 0 aromatic carbocycles. The Morgan fingerprint density at radius 2 is 1.10 bits per heavy atom. The molecule has 0 bridgehead atoms. The monoisotopic (exact) mass is 902 g/mol. The van der Waals surface area contributed by atoms with Gasteiger partial charge in [-0.3, -0.25) is 9.59 Å². The molecule has 1 rings (SSSR count). The van der Waals surface area contributed by atoms with Gasteiger partial charge in [0, 0.05) is 19.5 Å². The molecule has 9 heteroatoms. The van der Waals surface area contributed by atoms with Crippen molar-refractivity contribution in [3.8, 4) is 0 Å². The van der Waals surface area contributed by atoms with Gasteiger partial charge in [-0.05, 0) is 130 Å². The topological polar surface area (TPSA) is 97.9 Å². The van der Waals surface area contributed by atoms with Gasteiger partial charge in [-0.1, -0.05) is 165 Å². The predicted molar refractivity (Wildman–Crippen MR) is 274 cm³/mol. The van der Waals surface area contributed by atoms with Crippen molar-refractivity contribution in [3.05, 3.63) is 48.6 Å². The molecule has 366 valence electrons. The fraction of sp³-hybridized carbons (Fsp3) is 0.796. The van der Waals surface area contributed by atoms with E-state index in [1.54, 1.807) is 0 Å². The summed E-state index contributed by atoms with van der Waals surface area (Å²) in [6, 6.07) is 0. The molecule has 1 unspecified atom stereocenters. The summed E-state index contributed by atoms with van der Waals surface area (Å²) in [6.45, 7) is 13.2. The van der Waals surface area contributed by atoms with Crippen LogP contribution < -0.4 is 16.0 Å². The van der Waals surface area contributed by atoms with Crippen molar-refractivity contribution in [2.45, 2.75) is 245 Å². The Labute approximate surface area is 394 Å². The van der Waals surface area contributed by atoms with E-state index in [0.29, 0.717) is 32.4 Å². The van der Waals surface area contributed by atoms with Crippen LogP contribution in [0.5, 0.6) is 0 Å². The number of nitrogens with one attached hydrogen (secondary N) is 3. The van der Waals surface area contributed by atoms with Crippen molar-refractivity contribution in [3.63, 3.8) is 0 Å². The molecular formula is C54H99N3O5S. The van der Waals surface area contributed by atoms with E-state index < -0.39 is 11.4 Å². The number of thiocarbonyl (C=S) groups is 1. The van der Waals surface area contributed by atoms with Crippen LogP contribution in [0.4, 0.5) is 0 Å². The molecule has 1 heterocycles. The van der Waals surface area contributed by atoms with E-state index in [-0.39, 0.29) is 18.0 Å². The van der Waals surface area contributed by atoms with E-state index >= 15 is 0 Å². The van der Waals surface area contributed by atoms with Crippen molar-refractivity contribution in [1.29, 1.82) is 0 Å². The molecule has 1 atom stereocenters. The van der Waals surface area contributed by atoms with Crippen LogP contribution in [-0.4, -0.2) is 68.1 Å². The lowest BCUT2D eigenvalue weighted by molar-refractivity contribution is -0.171. The molecule has 1 saturated heterocycles. The maximum atomic E-state index is 13.8. The highest BCUT2D eigenvalue weighted by Gasteiger charge is 2.41. The Morgan fingerprint density at radius 3 is 1.52 bits per heavy atom. The standard InChI is InChI=1S/C47H86N2O3.C7H13NO2S/c1-5-8-11-13-15-17-19-21-23-25-27-29-31-33-35-37-41-47(46(51)49-44-10-7-3,52-45(50)40-39-43-48-4)42-38-36-34-32-30-28-26-24-22-20-18-16-14-12-9-6-2;1-7(2)9-4-6(10-7)3-8-5-11/h15-18,21-24,48H,5-14,19-20,25-44H2,1-4H3,(H,49,51);5-6H,3-4H2,1-2H3,(H,8,11)/b17-15-,18-16-,23-21-,24-22-;. The van der Waals surface area contributed by atoms with Gasteiger partial charge < -0.3 is 30.2 Å². The number of hydrogen-bond acceptors (Lipinski definition) is 7. The first-order valence-corrected chi connectivity index (χ1v) is 26.4. The number of carbonyl (C=O) groups is 2. The van der Waals surface area contributed by atoms with Gasteiger partial charge in [0.05, 0.1) is 12.1 Å². The third kappa shape index (κ3) is 38.6. The summed E-state index contributed by atoms with van der Waals surface area (Å²) >= 11 is 4.61. The highest BCUT2D eigenvalue weighted by molar-refractivity contribution is 7.78. The van der Waals surface area contributed by atoms with Crippen LogP contribution >= 0.6 is 12.2 Å². The molecule has 0 aromatic rings. The fourth-order valence-corrected chi connectivity index (χ4v) is 7.66. The third-order valence-electron chi connectivity index (χ3n) is 11.4. The van der Waals surface area contributed by atoms with Crippen LogP contribution in [0.15, 0.2) is 48.6 Å². The third-order valence-corrected chi connectivity index (χ3v) is 11.6. The van der Waals surface area contributed by atoms with Gasteiger partial charge in [0.25, 0.3) is 5.91 Å². The van der Waals surface area contributed by atoms with Gasteiger partial charge in [-0.2, -0.15) is 0 Å². The van der Waals surface area contributed by atoms with Crippen molar-refractivity contribution in [2.75, 3.05) is 33.3 Å². The highest BCUT2D eigenvalue weighted by Crippen LogP contribution is 2.29. The van der Waals surface area contributed by atoms with Gasteiger partial charge in [-0.15, -0.1) is 0 Å². The molecule has 0 aliphatic carbocycles. The van der Waals surface area contributed by atoms with Crippen LogP contribution in [0, 0.1) is 0 Å². The van der Waals surface area contributed by atoms with Crippen LogP contribution in [-0.2, 0) is 23.8 Å². The first-order chi connectivity index (χ1) is 30.7. The minimum atomic E-state index is -1.05. The van der Waals surface area contributed by atoms with Crippen molar-refractivity contribution < 1.29 is 23.8 Å². The number of carbonyl (C=O) groups excluding carboxylic acids is 2. The van der Waals surface area contributed by atoms with Crippen LogP contribution in [0.2, 0.25) is 0 Å². The van der Waals surface area contributed by atoms with Crippen LogP contribution in [0.3, 0.4) is 0 Å². The molecular weight excluding hydrogens is 803 g/mol. The molecule has 1 aliphatic heterocycles. The second-order valence-electron chi connectivity index (χ2n) is 17.9. The average Bonchev–Trinajstić information content (AvgIpc) is 3.63. The Balaban J connectivity index is 0.00000301. The number of unbranched alkanes of at least 4 members (excludes halogenated alkanes) is 19. The summed E-state index contributed by atoms with van der Waals surface area (Å²) in [6.07, 6.45) is 51.3. The summed E-state index contributed by atoms with van der Waals surface area (Å²) in [5, 5.41) is 9.18. The minimum absolute atomic E-state index is 0.0758. The maximum Gasteiger partial charge on any atom is 0.306 e. The Bertz CT molecular complexity index is 1140. The molecule has 3 N–H and O–H groups in total. The van der Waals surface area contributed by atoms with Gasteiger partial charge >= 0.3 is 5.97 Å². The maximum absolute atomic E-state index is 13.8. The number of allylic oxidation sites excluding steroid dienone is 8. The first-order valence-electron chi connectivity index (χ1n) is 25.9. The lowest BCUT2D eigenvalue weighted by Gasteiger charge is -2.33. The first kappa shape index (κ1) is 60.7. The van der Waals surface area contributed by atoms with Crippen LogP contribution in [0.25, 0.3) is 0 Å². The fourth-order valence-electron chi connectivity index (χ4n) is 7.56. The second kappa shape index (κ2) is 44.9. The molecule has 0 spiro atoms. The van der Waals surface area contributed by atoms with Crippen molar-refractivity contribution in [1.82, 2.24) is 16.0 Å². The predicted octanol–water partition coefficient (Wildman–Crippen LogP) is 14.3. The summed E-state index contributed by atoms with van der Waals surface area (Å²) in [7, 11) is 1.90. The smallest absolute Gasteiger partial charge is 0.306 e. The summed E-state index contributed by atoms with van der Waals surface area (Å²) in [5.74, 6) is -0.734. The van der Waals surface area contributed by atoms with E-state index in [0.717, 1.165) is 83.7 Å². The molecule has 0 aromatic heterocycles. The number of esters is 1. The van der Waals surface area contributed by atoms with E-state index in [4.69, 9.17) is 14.2 Å². The zero-order valence-electron chi connectivity index (χ0n) is 41.8. The van der Waals surface area contributed by atoms with Crippen molar-refractivity contribution >= 4 is 29.6 Å². The van der Waals surface area contributed by atoms with Crippen LogP contribution in [0.1, 0.15) is 227 Å². The summed E-state index contributed by atoms with van der Waals surface area (Å²) < 4.78 is 17.1. The number of amides is 1. The zero-order valence-corrected chi connectivity index (χ0v) is 42.6. The molecule has 8 nitrogen and oxygen atoms in total. The lowest BCUT2D eigenvalue weighted by Crippen LogP contribution is -2.50. The zero-order chi connectivity index (χ0) is 46.4. The molecule has 0 saturated carbocycles. The Hall–Kier alpha value is -2.33. The lowest BCUT2D eigenvalue weighted by atomic mass is 9.88. The molecule has 1 aliphatic rings. The van der Waals surface area contributed by atoms with Gasteiger partial charge in [0.15, 0.2) is 11.4 Å². The van der Waals surface area contributed by atoms with Gasteiger partial charge in [-0.25, -0.2) is 0 Å². The van der Waals surface area contributed by atoms with Crippen molar-refractivity contribution in [2.24, 2.45) is 0 Å². The number of ether oxygens (including phenoxy) is 3. The quantitative estimate of drug-likeness (QED) is 0.0241. The Kier molecular flexibility index (Phi) is 43.2. The molecule has 0 radical (unpaired) electrons. The minimum Gasteiger partial charge on any atom is -0.449 e. The van der Waals surface area contributed by atoms with Gasteiger partial charge in [0.1, 0.15) is 6.10 Å². The average molecular weight is 902 g/mol. The normalized spacial score (nSPS) is 15.1. The highest BCUT2D eigenvalue weighted by atomic mass is 32.1. The molecule has 1 fully saturated rings. The summed E-state index contributed by atoms with van der Waals surface area (Å²) in [5.41, 5.74) is 0.448. The van der Waals surface area contributed by atoms with E-state index in [1.165, 1.54) is 108 Å². The summed E-state index contributed by atoms with van der Waals surface area (Å²) in [4.78, 5) is 26.8. The Morgan fingerprint density at radius 1 is 0.635 bits per heavy atom. The molecule has 1 amide bonds.